The molecule has 2 rings (SSSR count). The van der Waals surface area contributed by atoms with Gasteiger partial charge in [0.1, 0.15) is 11.6 Å². The summed E-state index contributed by atoms with van der Waals surface area (Å²) < 4.78 is 26.7. The molecular weight excluding hydrogens is 228 g/mol. The summed E-state index contributed by atoms with van der Waals surface area (Å²) in [6.07, 6.45) is 1.16. The Morgan fingerprint density at radius 2 is 2.19 bits per heavy atom. The van der Waals surface area contributed by atoms with E-state index in [4.69, 9.17) is 0 Å². The van der Waals surface area contributed by atoms with Crippen molar-refractivity contribution < 1.29 is 8.78 Å². The second-order valence-corrected chi connectivity index (χ2v) is 5.34. The first-order chi connectivity index (χ1) is 7.66. The van der Waals surface area contributed by atoms with E-state index in [9.17, 15) is 8.78 Å². The SMILES string of the molecule is Cc1cc(F)c(NCC2CCSC2)cc1F. The van der Waals surface area contributed by atoms with Crippen molar-refractivity contribution in [3.05, 3.63) is 29.3 Å². The van der Waals surface area contributed by atoms with Crippen molar-refractivity contribution >= 4 is 17.4 Å². The molecule has 0 radical (unpaired) electrons. The maximum absolute atomic E-state index is 13.5. The third-order valence-corrected chi connectivity index (χ3v) is 4.08. The number of halogens is 2. The van der Waals surface area contributed by atoms with E-state index in [1.807, 2.05) is 11.8 Å². The number of benzene rings is 1. The molecule has 1 fully saturated rings. The van der Waals surface area contributed by atoms with Crippen molar-refractivity contribution in [2.24, 2.45) is 5.92 Å². The molecule has 1 heterocycles. The minimum atomic E-state index is -0.371. The molecular formula is C12H15F2NS. The summed E-state index contributed by atoms with van der Waals surface area (Å²) in [6, 6.07) is 2.48. The van der Waals surface area contributed by atoms with E-state index in [2.05, 4.69) is 5.32 Å². The molecule has 4 heteroatoms. The van der Waals surface area contributed by atoms with E-state index < -0.39 is 0 Å². The Balaban J connectivity index is 2.00. The molecule has 1 unspecified atom stereocenters. The van der Waals surface area contributed by atoms with E-state index in [1.54, 1.807) is 6.92 Å². The van der Waals surface area contributed by atoms with E-state index >= 15 is 0 Å². The Morgan fingerprint density at radius 3 is 2.88 bits per heavy atom. The summed E-state index contributed by atoms with van der Waals surface area (Å²) in [5, 5.41) is 2.99. The highest BCUT2D eigenvalue weighted by Crippen LogP contribution is 2.25. The van der Waals surface area contributed by atoms with Gasteiger partial charge >= 0.3 is 0 Å². The monoisotopic (exact) mass is 243 g/mol. The van der Waals surface area contributed by atoms with Gasteiger partial charge in [-0.3, -0.25) is 0 Å². The molecule has 16 heavy (non-hydrogen) atoms. The van der Waals surface area contributed by atoms with E-state index in [0.29, 0.717) is 11.5 Å². The number of thioether (sulfide) groups is 1. The number of anilines is 1. The van der Waals surface area contributed by atoms with Crippen molar-refractivity contribution in [2.45, 2.75) is 13.3 Å². The summed E-state index contributed by atoms with van der Waals surface area (Å²) in [5.41, 5.74) is 0.625. The Labute approximate surface area is 98.6 Å². The van der Waals surface area contributed by atoms with Crippen LogP contribution in [-0.4, -0.2) is 18.1 Å². The number of aryl methyl sites for hydroxylation is 1. The van der Waals surface area contributed by atoms with Gasteiger partial charge in [0, 0.05) is 12.6 Å². The number of hydrogen-bond donors (Lipinski definition) is 1. The van der Waals surface area contributed by atoms with Crippen LogP contribution in [-0.2, 0) is 0 Å². The maximum Gasteiger partial charge on any atom is 0.146 e. The first kappa shape index (κ1) is 11.7. The highest BCUT2D eigenvalue weighted by atomic mass is 32.2. The van der Waals surface area contributed by atoms with E-state index in [0.717, 1.165) is 18.7 Å². The quantitative estimate of drug-likeness (QED) is 0.872. The topological polar surface area (TPSA) is 12.0 Å². The standard InChI is InChI=1S/C12H15F2NS/c1-8-4-11(14)12(5-10(8)13)15-6-9-2-3-16-7-9/h4-5,9,15H,2-3,6-7H2,1H3. The highest BCUT2D eigenvalue weighted by Gasteiger charge is 2.16. The van der Waals surface area contributed by atoms with Crippen molar-refractivity contribution in [2.75, 3.05) is 23.4 Å². The summed E-state index contributed by atoms with van der Waals surface area (Å²) in [4.78, 5) is 0. The lowest BCUT2D eigenvalue weighted by atomic mass is 10.1. The van der Waals surface area contributed by atoms with Crippen LogP contribution in [0.1, 0.15) is 12.0 Å². The van der Waals surface area contributed by atoms with Gasteiger partial charge in [0.05, 0.1) is 5.69 Å². The number of nitrogens with one attached hydrogen (secondary N) is 1. The zero-order valence-electron chi connectivity index (χ0n) is 9.22. The molecule has 1 nitrogen and oxygen atoms in total. The maximum atomic E-state index is 13.5. The minimum absolute atomic E-state index is 0.278. The zero-order chi connectivity index (χ0) is 11.5. The van der Waals surface area contributed by atoms with Crippen LogP contribution in [0.15, 0.2) is 12.1 Å². The lowest BCUT2D eigenvalue weighted by Crippen LogP contribution is -2.14. The van der Waals surface area contributed by atoms with Crippen molar-refractivity contribution in [1.29, 1.82) is 0 Å². The molecule has 1 atom stereocenters. The Hall–Kier alpha value is -0.770. The average molecular weight is 243 g/mol. The Morgan fingerprint density at radius 1 is 1.38 bits per heavy atom. The molecule has 0 aliphatic carbocycles. The van der Waals surface area contributed by atoms with E-state index in [1.165, 1.54) is 17.9 Å². The van der Waals surface area contributed by atoms with Gasteiger partial charge in [-0.1, -0.05) is 0 Å². The predicted molar refractivity (Wildman–Crippen MR) is 65.0 cm³/mol. The van der Waals surface area contributed by atoms with Crippen LogP contribution in [0.3, 0.4) is 0 Å². The van der Waals surface area contributed by atoms with Crippen LogP contribution in [0.2, 0.25) is 0 Å². The molecule has 0 amide bonds. The summed E-state index contributed by atoms with van der Waals surface area (Å²) in [6.45, 7) is 2.29. The lowest BCUT2D eigenvalue weighted by Gasteiger charge is -2.12. The largest absolute Gasteiger partial charge is 0.382 e. The van der Waals surface area contributed by atoms with Gasteiger partial charge in [0.25, 0.3) is 0 Å². The summed E-state index contributed by atoms with van der Waals surface area (Å²) >= 11 is 1.92. The fraction of sp³-hybridized carbons (Fsp3) is 0.500. The molecule has 1 saturated heterocycles. The van der Waals surface area contributed by atoms with Crippen molar-refractivity contribution in [3.63, 3.8) is 0 Å². The Bertz CT molecular complexity index is 376. The predicted octanol–water partition coefficient (Wildman–Crippen LogP) is 3.44. The van der Waals surface area contributed by atoms with Crippen LogP contribution in [0.5, 0.6) is 0 Å². The highest BCUT2D eigenvalue weighted by molar-refractivity contribution is 7.99. The van der Waals surface area contributed by atoms with Crippen LogP contribution in [0.25, 0.3) is 0 Å². The van der Waals surface area contributed by atoms with Gasteiger partial charge in [-0.05, 0) is 42.4 Å². The molecule has 88 valence electrons. The molecule has 0 spiro atoms. The fourth-order valence-corrected chi connectivity index (χ4v) is 3.06. The molecule has 1 aromatic carbocycles. The number of rotatable bonds is 3. The van der Waals surface area contributed by atoms with Crippen LogP contribution >= 0.6 is 11.8 Å². The molecule has 1 N–H and O–H groups in total. The fourth-order valence-electron chi connectivity index (χ4n) is 1.78. The molecule has 0 aromatic heterocycles. The molecule has 1 aliphatic rings. The average Bonchev–Trinajstić information content (AvgIpc) is 2.74. The second-order valence-electron chi connectivity index (χ2n) is 4.19. The van der Waals surface area contributed by atoms with Gasteiger partial charge in [-0.15, -0.1) is 0 Å². The van der Waals surface area contributed by atoms with Crippen LogP contribution < -0.4 is 5.32 Å². The molecule has 0 bridgehead atoms. The first-order valence-corrected chi connectivity index (χ1v) is 6.59. The van der Waals surface area contributed by atoms with Crippen molar-refractivity contribution in [3.8, 4) is 0 Å². The zero-order valence-corrected chi connectivity index (χ0v) is 10.0. The summed E-state index contributed by atoms with van der Waals surface area (Å²) in [5.74, 6) is 2.14. The van der Waals surface area contributed by atoms with Gasteiger partial charge in [-0.25, -0.2) is 8.78 Å². The molecule has 0 saturated carbocycles. The summed E-state index contributed by atoms with van der Waals surface area (Å²) in [7, 11) is 0. The smallest absolute Gasteiger partial charge is 0.146 e. The van der Waals surface area contributed by atoms with Crippen LogP contribution in [0, 0.1) is 24.5 Å². The van der Waals surface area contributed by atoms with E-state index in [-0.39, 0.29) is 17.3 Å². The third-order valence-electron chi connectivity index (χ3n) is 2.85. The van der Waals surface area contributed by atoms with Crippen molar-refractivity contribution in [1.82, 2.24) is 0 Å². The van der Waals surface area contributed by atoms with Gasteiger partial charge in [-0.2, -0.15) is 11.8 Å². The van der Waals surface area contributed by atoms with Gasteiger partial charge < -0.3 is 5.32 Å². The number of hydrogen-bond acceptors (Lipinski definition) is 2. The lowest BCUT2D eigenvalue weighted by molar-refractivity contribution is 0.588. The second kappa shape index (κ2) is 5.04. The Kier molecular flexibility index (Phi) is 3.69. The first-order valence-electron chi connectivity index (χ1n) is 5.44. The van der Waals surface area contributed by atoms with Crippen LogP contribution in [0.4, 0.5) is 14.5 Å². The van der Waals surface area contributed by atoms with Gasteiger partial charge in [0.2, 0.25) is 0 Å². The molecule has 1 aromatic rings. The third kappa shape index (κ3) is 2.67. The normalized spacial score (nSPS) is 20.1. The minimum Gasteiger partial charge on any atom is -0.382 e. The molecule has 1 aliphatic heterocycles. The van der Waals surface area contributed by atoms with Gasteiger partial charge in [0.15, 0.2) is 0 Å².